The third kappa shape index (κ3) is 4.43. The summed E-state index contributed by atoms with van der Waals surface area (Å²) in [6, 6.07) is 3.87. The molecule has 0 radical (unpaired) electrons. The van der Waals surface area contributed by atoms with Gasteiger partial charge in [-0.05, 0) is 30.2 Å². The number of aromatic nitrogens is 3. The van der Waals surface area contributed by atoms with Gasteiger partial charge in [-0.15, -0.1) is 0 Å². The summed E-state index contributed by atoms with van der Waals surface area (Å²) in [5.74, 6) is 1.40. The van der Waals surface area contributed by atoms with E-state index in [2.05, 4.69) is 20.5 Å². The predicted octanol–water partition coefficient (Wildman–Crippen LogP) is 1.41. The average Bonchev–Trinajstić information content (AvgIpc) is 3.10. The number of fused-ring (bicyclic) bond motifs is 1. The Labute approximate surface area is 157 Å². The molecule has 0 aliphatic carbocycles. The molecular weight excluding hydrogens is 350 g/mol. The number of rotatable bonds is 7. The fourth-order valence-electron chi connectivity index (χ4n) is 2.95. The van der Waals surface area contributed by atoms with Crippen molar-refractivity contribution in [2.24, 2.45) is 0 Å². The summed E-state index contributed by atoms with van der Waals surface area (Å²) < 4.78 is 0. The topological polar surface area (TPSA) is 91.0 Å². The van der Waals surface area contributed by atoms with Crippen molar-refractivity contribution in [3.05, 3.63) is 47.0 Å². The van der Waals surface area contributed by atoms with Crippen LogP contribution in [0.4, 0.5) is 0 Å². The third-order valence-electron chi connectivity index (χ3n) is 4.35. The van der Waals surface area contributed by atoms with Crippen LogP contribution in [0.25, 0.3) is 0 Å². The first-order chi connectivity index (χ1) is 12.7. The molecular formula is C18H23N5O2S. The van der Waals surface area contributed by atoms with E-state index in [0.29, 0.717) is 37.5 Å². The average molecular weight is 373 g/mol. The monoisotopic (exact) mass is 373 g/mol. The number of H-pyrrole nitrogens is 1. The first-order valence-corrected chi connectivity index (χ1v) is 9.93. The van der Waals surface area contributed by atoms with Crippen molar-refractivity contribution in [1.82, 2.24) is 25.4 Å². The quantitative estimate of drug-likeness (QED) is 0.766. The van der Waals surface area contributed by atoms with Crippen LogP contribution in [0.5, 0.6) is 0 Å². The molecule has 138 valence electrons. The van der Waals surface area contributed by atoms with E-state index in [1.807, 2.05) is 24.0 Å². The van der Waals surface area contributed by atoms with Crippen LogP contribution in [0.2, 0.25) is 0 Å². The molecule has 1 aliphatic heterocycles. The van der Waals surface area contributed by atoms with Gasteiger partial charge >= 0.3 is 0 Å². The maximum absolute atomic E-state index is 12.4. The highest BCUT2D eigenvalue weighted by atomic mass is 32.2. The summed E-state index contributed by atoms with van der Waals surface area (Å²) >= 11 is 1.62. The Morgan fingerprint density at radius 1 is 1.42 bits per heavy atom. The molecule has 2 N–H and O–H groups in total. The molecule has 0 spiro atoms. The zero-order chi connectivity index (χ0) is 18.4. The Morgan fingerprint density at radius 2 is 2.31 bits per heavy atom. The van der Waals surface area contributed by atoms with Crippen LogP contribution < -0.4 is 5.32 Å². The van der Waals surface area contributed by atoms with E-state index in [0.717, 1.165) is 29.0 Å². The molecule has 0 saturated carbocycles. The highest BCUT2D eigenvalue weighted by Crippen LogP contribution is 2.21. The Balaban J connectivity index is 1.55. The van der Waals surface area contributed by atoms with E-state index in [-0.39, 0.29) is 11.8 Å². The van der Waals surface area contributed by atoms with Crippen molar-refractivity contribution in [2.45, 2.75) is 26.3 Å². The molecule has 2 aromatic heterocycles. The molecule has 0 atom stereocenters. The summed E-state index contributed by atoms with van der Waals surface area (Å²) in [4.78, 5) is 30.5. The Hall–Kier alpha value is -2.35. The summed E-state index contributed by atoms with van der Waals surface area (Å²) in [5.41, 5.74) is 3.32. The zero-order valence-corrected chi connectivity index (χ0v) is 15.6. The van der Waals surface area contributed by atoms with E-state index in [1.165, 1.54) is 0 Å². The van der Waals surface area contributed by atoms with Gasteiger partial charge in [-0.25, -0.2) is 0 Å². The second-order valence-electron chi connectivity index (χ2n) is 6.10. The SMILES string of the molecule is CCSCC(=O)N1CCc2c(C(=O)NCCc3cccnc3)n[nH]c2C1. The number of carbonyl (C=O) groups is 2. The van der Waals surface area contributed by atoms with Crippen molar-refractivity contribution >= 4 is 23.6 Å². The van der Waals surface area contributed by atoms with Gasteiger partial charge in [0.1, 0.15) is 0 Å². The Bertz CT molecular complexity index is 762. The number of hydrogen-bond acceptors (Lipinski definition) is 5. The molecule has 1 aliphatic rings. The summed E-state index contributed by atoms with van der Waals surface area (Å²) in [6.07, 6.45) is 4.90. The lowest BCUT2D eigenvalue weighted by Crippen LogP contribution is -2.37. The van der Waals surface area contributed by atoms with E-state index < -0.39 is 0 Å². The fourth-order valence-corrected chi connectivity index (χ4v) is 3.51. The van der Waals surface area contributed by atoms with Gasteiger partial charge in [-0.1, -0.05) is 13.0 Å². The van der Waals surface area contributed by atoms with Crippen molar-refractivity contribution < 1.29 is 9.59 Å². The number of amides is 2. The number of thioether (sulfide) groups is 1. The minimum Gasteiger partial charge on any atom is -0.350 e. The van der Waals surface area contributed by atoms with E-state index in [4.69, 9.17) is 0 Å². The largest absolute Gasteiger partial charge is 0.350 e. The van der Waals surface area contributed by atoms with E-state index in [9.17, 15) is 9.59 Å². The molecule has 2 amide bonds. The van der Waals surface area contributed by atoms with Crippen molar-refractivity contribution in [2.75, 3.05) is 24.6 Å². The number of nitrogens with zero attached hydrogens (tertiary/aromatic N) is 3. The molecule has 0 bridgehead atoms. The van der Waals surface area contributed by atoms with Gasteiger partial charge in [0, 0.05) is 31.0 Å². The van der Waals surface area contributed by atoms with E-state index >= 15 is 0 Å². The van der Waals surface area contributed by atoms with Gasteiger partial charge < -0.3 is 10.2 Å². The Kier molecular flexibility index (Phi) is 6.27. The number of nitrogens with one attached hydrogen (secondary N) is 2. The minimum atomic E-state index is -0.173. The van der Waals surface area contributed by atoms with Crippen LogP contribution in [0.3, 0.4) is 0 Å². The fraction of sp³-hybridized carbons (Fsp3) is 0.444. The summed E-state index contributed by atoms with van der Waals surface area (Å²) in [6.45, 7) is 3.70. The molecule has 0 aromatic carbocycles. The number of pyridine rings is 1. The number of hydrogen-bond donors (Lipinski definition) is 2. The van der Waals surface area contributed by atoms with Crippen molar-refractivity contribution in [3.8, 4) is 0 Å². The molecule has 8 heteroatoms. The van der Waals surface area contributed by atoms with Crippen LogP contribution in [-0.4, -0.2) is 56.5 Å². The van der Waals surface area contributed by atoms with Gasteiger partial charge in [-0.2, -0.15) is 16.9 Å². The molecule has 2 aromatic rings. The number of aromatic amines is 1. The molecule has 7 nitrogen and oxygen atoms in total. The Morgan fingerprint density at radius 3 is 3.08 bits per heavy atom. The third-order valence-corrected chi connectivity index (χ3v) is 5.21. The lowest BCUT2D eigenvalue weighted by atomic mass is 10.0. The van der Waals surface area contributed by atoms with Gasteiger partial charge in [0.25, 0.3) is 5.91 Å². The first kappa shape index (κ1) is 18.4. The van der Waals surface area contributed by atoms with E-state index in [1.54, 1.807) is 24.2 Å². The molecule has 0 fully saturated rings. The highest BCUT2D eigenvalue weighted by molar-refractivity contribution is 7.99. The van der Waals surface area contributed by atoms with Crippen molar-refractivity contribution in [3.63, 3.8) is 0 Å². The van der Waals surface area contributed by atoms with Crippen LogP contribution in [-0.2, 0) is 24.2 Å². The standard InChI is InChI=1S/C18H23N5O2S/c1-2-26-12-16(24)23-9-6-14-15(11-23)21-22-17(14)18(25)20-8-5-13-4-3-7-19-10-13/h3-4,7,10H,2,5-6,8-9,11-12H2,1H3,(H,20,25)(H,21,22). The molecule has 0 unspecified atom stereocenters. The second-order valence-corrected chi connectivity index (χ2v) is 7.37. The summed E-state index contributed by atoms with van der Waals surface area (Å²) in [5, 5.41) is 10.0. The van der Waals surface area contributed by atoms with Gasteiger partial charge in [0.15, 0.2) is 5.69 Å². The first-order valence-electron chi connectivity index (χ1n) is 8.77. The normalized spacial score (nSPS) is 13.3. The van der Waals surface area contributed by atoms with Crippen LogP contribution in [0, 0.1) is 0 Å². The number of carbonyl (C=O) groups excluding carboxylic acids is 2. The maximum Gasteiger partial charge on any atom is 0.272 e. The minimum absolute atomic E-state index is 0.138. The second kappa shape index (κ2) is 8.84. The summed E-state index contributed by atoms with van der Waals surface area (Å²) in [7, 11) is 0. The van der Waals surface area contributed by atoms with Crippen LogP contribution in [0.1, 0.15) is 34.2 Å². The maximum atomic E-state index is 12.4. The zero-order valence-electron chi connectivity index (χ0n) is 14.8. The van der Waals surface area contributed by atoms with Crippen molar-refractivity contribution in [1.29, 1.82) is 0 Å². The highest BCUT2D eigenvalue weighted by Gasteiger charge is 2.27. The van der Waals surface area contributed by atoms with Crippen LogP contribution in [0.15, 0.2) is 24.5 Å². The predicted molar refractivity (Wildman–Crippen MR) is 101 cm³/mol. The smallest absolute Gasteiger partial charge is 0.272 e. The molecule has 26 heavy (non-hydrogen) atoms. The van der Waals surface area contributed by atoms with Crippen LogP contribution >= 0.6 is 11.8 Å². The lowest BCUT2D eigenvalue weighted by Gasteiger charge is -2.26. The molecule has 3 heterocycles. The molecule has 3 rings (SSSR count). The van der Waals surface area contributed by atoms with Gasteiger partial charge in [0.2, 0.25) is 5.91 Å². The molecule has 0 saturated heterocycles. The van der Waals surface area contributed by atoms with Gasteiger partial charge in [0.05, 0.1) is 18.0 Å². The lowest BCUT2D eigenvalue weighted by molar-refractivity contribution is -0.129. The van der Waals surface area contributed by atoms with Gasteiger partial charge in [-0.3, -0.25) is 19.7 Å².